The minimum absolute atomic E-state index is 0.825. The third-order valence-electron chi connectivity index (χ3n) is 18.6. The maximum atomic E-state index is 5.15. The lowest BCUT2D eigenvalue weighted by molar-refractivity contribution is 1.31. The molecule has 0 unspecified atom stereocenters. The number of pyridine rings is 10. The number of benzene rings is 10. The zero-order valence-corrected chi connectivity index (χ0v) is 51.3. The zero-order chi connectivity index (χ0) is 63.2. The summed E-state index contributed by atoms with van der Waals surface area (Å²) in [6, 6.07) is 99.1. The molecular weight excluding hydrogens is 1170 g/mol. The van der Waals surface area contributed by atoms with Gasteiger partial charge in [-0.3, -0.25) is 15.0 Å². The van der Waals surface area contributed by atoms with Crippen molar-refractivity contribution >= 4 is 131 Å². The van der Waals surface area contributed by atoms with Gasteiger partial charge in [-0.1, -0.05) is 182 Å². The highest BCUT2D eigenvalue weighted by Crippen LogP contribution is 2.38. The third-order valence-corrected chi connectivity index (χ3v) is 18.6. The van der Waals surface area contributed by atoms with Crippen molar-refractivity contribution in [3.63, 3.8) is 0 Å². The van der Waals surface area contributed by atoms with E-state index in [0.717, 1.165) is 177 Å². The summed E-state index contributed by atoms with van der Waals surface area (Å²) in [4.78, 5) is 49.1. The Balaban J connectivity index is 0.000000135. The zero-order valence-electron chi connectivity index (χ0n) is 51.3. The molecular formula is C86H50N10. The van der Waals surface area contributed by atoms with Crippen LogP contribution < -0.4 is 0 Å². The van der Waals surface area contributed by atoms with Gasteiger partial charge in [-0.05, 0) is 147 Å². The van der Waals surface area contributed by atoms with Gasteiger partial charge in [-0.25, -0.2) is 34.9 Å². The highest BCUT2D eigenvalue weighted by molar-refractivity contribution is 6.14. The van der Waals surface area contributed by atoms with Gasteiger partial charge in [0, 0.05) is 78.0 Å². The van der Waals surface area contributed by atoms with Crippen molar-refractivity contribution in [1.29, 1.82) is 0 Å². The van der Waals surface area contributed by atoms with Crippen LogP contribution >= 0.6 is 0 Å². The number of rotatable bonds is 6. The van der Waals surface area contributed by atoms with E-state index in [2.05, 4.69) is 245 Å². The first-order valence-corrected chi connectivity index (χ1v) is 32.0. The first kappa shape index (κ1) is 54.5. The average molecular weight is 1220 g/mol. The quantitative estimate of drug-likeness (QED) is 0.148. The van der Waals surface area contributed by atoms with E-state index in [-0.39, 0.29) is 0 Å². The largest absolute Gasteiger partial charge is 0.254 e. The fourth-order valence-corrected chi connectivity index (χ4v) is 13.6. The van der Waals surface area contributed by atoms with Crippen LogP contribution in [0.15, 0.2) is 304 Å². The smallest absolute Gasteiger partial charge is 0.0972 e. The maximum Gasteiger partial charge on any atom is 0.0972 e. The lowest BCUT2D eigenvalue weighted by atomic mass is 9.95. The Morgan fingerprint density at radius 3 is 0.948 bits per heavy atom. The lowest BCUT2D eigenvalue weighted by Crippen LogP contribution is -1.92. The lowest BCUT2D eigenvalue weighted by Gasteiger charge is -2.12. The number of hydrogen-bond donors (Lipinski definition) is 0. The summed E-state index contributed by atoms with van der Waals surface area (Å²) in [5.41, 5.74) is 20.7. The standard InChI is InChI=1S/C44H26N4.C42H24N6/c1-2-8-34-32(6-1)25-37(36-10-4-3-9-35(34)36)39-20-18-33-24-30(17-19-38(33)46-39)31-14-11-27-15-21-40(47-42(27)26-31)41-22-16-29-13-12-28-7-5-23-45-43(28)44(29)48-41;1-3-26-6-8-28-12-18-36(47-41(28)39(26)43-21-1)34-20-15-32-23-30(14-16-33(32)45-34)31-10-5-25-11-17-35(46-38(25)24-31)37-19-13-29-9-7-27-4-2-22-44-40(27)42(29)48-37/h1-26H;1-24H. The second-order valence-corrected chi connectivity index (χ2v) is 24.3. The number of nitrogens with zero attached hydrogens (tertiary/aromatic N) is 10. The maximum absolute atomic E-state index is 5.15. The Hall–Kier alpha value is -13.2. The van der Waals surface area contributed by atoms with Crippen LogP contribution in [0.25, 0.3) is 198 Å². The van der Waals surface area contributed by atoms with Gasteiger partial charge in [-0.15, -0.1) is 0 Å². The minimum atomic E-state index is 0.825. The second kappa shape index (κ2) is 22.3. The van der Waals surface area contributed by atoms with Gasteiger partial charge in [0.15, 0.2) is 0 Å². The molecule has 10 heteroatoms. The van der Waals surface area contributed by atoms with E-state index in [0.29, 0.717) is 0 Å². The number of aromatic nitrogens is 10. The van der Waals surface area contributed by atoms with E-state index in [4.69, 9.17) is 34.9 Å². The van der Waals surface area contributed by atoms with Crippen molar-refractivity contribution in [3.05, 3.63) is 304 Å². The number of hydrogen-bond acceptors (Lipinski definition) is 10. The van der Waals surface area contributed by atoms with Crippen molar-refractivity contribution < 1.29 is 0 Å². The molecule has 0 fully saturated rings. The van der Waals surface area contributed by atoms with Crippen molar-refractivity contribution in [3.8, 4) is 67.7 Å². The van der Waals surface area contributed by atoms with Crippen molar-refractivity contribution in [2.75, 3.05) is 0 Å². The molecule has 10 heterocycles. The summed E-state index contributed by atoms with van der Waals surface area (Å²) in [7, 11) is 0. The van der Waals surface area contributed by atoms with Crippen molar-refractivity contribution in [1.82, 2.24) is 49.8 Å². The summed E-state index contributed by atoms with van der Waals surface area (Å²) < 4.78 is 0. The predicted molar refractivity (Wildman–Crippen MR) is 394 cm³/mol. The summed E-state index contributed by atoms with van der Waals surface area (Å²) in [6.45, 7) is 0. The molecule has 0 bridgehead atoms. The summed E-state index contributed by atoms with van der Waals surface area (Å²) in [5.74, 6) is 0. The number of fused-ring (bicyclic) bond motifs is 16. The van der Waals surface area contributed by atoms with Gasteiger partial charge in [0.05, 0.1) is 95.0 Å². The SMILES string of the molecule is c1ccc2c(c1)cc(-c1ccc3cc(-c4ccc5ccc(-c6ccc7ccc8cccnc8c7n6)nc5c4)ccc3n1)c1ccccc12.c1cnc2c(c1)ccc1ccc(-c3ccc4cc(-c5ccc6ccc(-c7ccc8ccc9cccnc9c8n7)nc6c5)ccc4n3)nc12. The molecule has 0 saturated heterocycles. The van der Waals surface area contributed by atoms with Crippen LogP contribution in [0, 0.1) is 0 Å². The molecule has 20 aromatic rings. The monoisotopic (exact) mass is 1220 g/mol. The molecule has 0 aliphatic carbocycles. The Morgan fingerprint density at radius 1 is 0.167 bits per heavy atom. The highest BCUT2D eigenvalue weighted by atomic mass is 14.8. The van der Waals surface area contributed by atoms with Crippen molar-refractivity contribution in [2.45, 2.75) is 0 Å². The third kappa shape index (κ3) is 9.58. The first-order valence-electron chi connectivity index (χ1n) is 32.0. The van der Waals surface area contributed by atoms with Gasteiger partial charge in [0.1, 0.15) is 0 Å². The van der Waals surface area contributed by atoms with Crippen LogP contribution in [0.2, 0.25) is 0 Å². The fraction of sp³-hybridized carbons (Fsp3) is 0. The molecule has 20 rings (SSSR count). The molecule has 0 saturated carbocycles. The van der Waals surface area contributed by atoms with Gasteiger partial charge in [0.25, 0.3) is 0 Å². The van der Waals surface area contributed by atoms with Crippen LogP contribution in [-0.4, -0.2) is 49.8 Å². The van der Waals surface area contributed by atoms with Crippen molar-refractivity contribution in [2.24, 2.45) is 0 Å². The predicted octanol–water partition coefficient (Wildman–Crippen LogP) is 21.2. The molecule has 0 aliphatic heterocycles. The molecule has 444 valence electrons. The second-order valence-electron chi connectivity index (χ2n) is 24.3. The average Bonchev–Trinajstić information content (AvgIpc) is 0.797. The molecule has 0 spiro atoms. The summed E-state index contributed by atoms with van der Waals surface area (Å²) in [5, 5.41) is 15.7. The Labute approximate surface area is 548 Å². The molecule has 0 N–H and O–H groups in total. The van der Waals surface area contributed by atoms with Crippen LogP contribution in [0.5, 0.6) is 0 Å². The van der Waals surface area contributed by atoms with Crippen LogP contribution in [0.4, 0.5) is 0 Å². The molecule has 10 aromatic carbocycles. The molecule has 10 aromatic heterocycles. The molecule has 96 heavy (non-hydrogen) atoms. The molecule has 0 amide bonds. The van der Waals surface area contributed by atoms with E-state index in [1.54, 1.807) is 0 Å². The first-order chi connectivity index (χ1) is 47.5. The minimum Gasteiger partial charge on any atom is -0.254 e. The van der Waals surface area contributed by atoms with Gasteiger partial charge < -0.3 is 0 Å². The molecule has 10 nitrogen and oxygen atoms in total. The van der Waals surface area contributed by atoms with E-state index in [1.807, 2.05) is 73.2 Å². The Bertz CT molecular complexity index is 6620. The normalized spacial score (nSPS) is 11.8. The van der Waals surface area contributed by atoms with Gasteiger partial charge in [-0.2, -0.15) is 0 Å². The van der Waals surface area contributed by atoms with E-state index < -0.39 is 0 Å². The van der Waals surface area contributed by atoms with Gasteiger partial charge in [0.2, 0.25) is 0 Å². The topological polar surface area (TPSA) is 129 Å². The molecule has 0 aliphatic rings. The van der Waals surface area contributed by atoms with Gasteiger partial charge >= 0.3 is 0 Å². The summed E-state index contributed by atoms with van der Waals surface area (Å²) >= 11 is 0. The van der Waals surface area contributed by atoms with E-state index >= 15 is 0 Å². The molecule has 0 radical (unpaired) electrons. The molecule has 0 atom stereocenters. The Morgan fingerprint density at radius 2 is 0.479 bits per heavy atom. The fourth-order valence-electron chi connectivity index (χ4n) is 13.6. The van der Waals surface area contributed by atoms with Crippen LogP contribution in [0.1, 0.15) is 0 Å². The van der Waals surface area contributed by atoms with Crippen LogP contribution in [0.3, 0.4) is 0 Å². The van der Waals surface area contributed by atoms with E-state index in [1.165, 1.54) is 21.5 Å². The summed E-state index contributed by atoms with van der Waals surface area (Å²) in [6.07, 6.45) is 5.45. The highest BCUT2D eigenvalue weighted by Gasteiger charge is 2.16. The van der Waals surface area contributed by atoms with E-state index in [9.17, 15) is 0 Å². The Kier molecular flexibility index (Phi) is 12.7. The van der Waals surface area contributed by atoms with Crippen LogP contribution in [-0.2, 0) is 0 Å².